The van der Waals surface area contributed by atoms with Gasteiger partial charge in [-0.3, -0.25) is 10.1 Å². The molecule has 0 radical (unpaired) electrons. The first-order chi connectivity index (χ1) is 7.56. The number of nitro groups is 1. The summed E-state index contributed by atoms with van der Waals surface area (Å²) < 4.78 is 0. The van der Waals surface area contributed by atoms with E-state index in [4.69, 9.17) is 23.2 Å². The Morgan fingerprint density at radius 3 is 2.62 bits per heavy atom. The Bertz CT molecular complexity index is 380. The molecular formula is C11H13Cl2NO2. The van der Waals surface area contributed by atoms with E-state index in [1.165, 1.54) is 12.1 Å². The quantitative estimate of drug-likeness (QED) is 0.448. The van der Waals surface area contributed by atoms with Crippen molar-refractivity contribution in [3.8, 4) is 0 Å². The molecule has 16 heavy (non-hydrogen) atoms. The van der Waals surface area contributed by atoms with E-state index in [0.29, 0.717) is 5.56 Å². The van der Waals surface area contributed by atoms with Crippen molar-refractivity contribution in [2.45, 2.75) is 31.0 Å². The van der Waals surface area contributed by atoms with Gasteiger partial charge in [0.1, 0.15) is 4.84 Å². The van der Waals surface area contributed by atoms with Crippen molar-refractivity contribution in [2.24, 2.45) is 0 Å². The largest absolute Gasteiger partial charge is 0.269 e. The Balaban J connectivity index is 3.04. The molecule has 0 heterocycles. The zero-order chi connectivity index (χ0) is 12.1. The summed E-state index contributed by atoms with van der Waals surface area (Å²) in [5.74, 6) is 0. The van der Waals surface area contributed by atoms with Crippen molar-refractivity contribution in [3.63, 3.8) is 0 Å². The van der Waals surface area contributed by atoms with Crippen LogP contribution in [0.3, 0.4) is 0 Å². The van der Waals surface area contributed by atoms with Crippen LogP contribution in [0.5, 0.6) is 0 Å². The maximum Gasteiger partial charge on any atom is 0.269 e. The third kappa shape index (κ3) is 3.35. The number of nitro benzene ring substituents is 1. The summed E-state index contributed by atoms with van der Waals surface area (Å²) in [4.78, 5) is 9.46. The average Bonchev–Trinajstić information content (AvgIpc) is 2.25. The highest BCUT2D eigenvalue weighted by atomic mass is 35.5. The number of hydrogen-bond acceptors (Lipinski definition) is 2. The van der Waals surface area contributed by atoms with Gasteiger partial charge in [-0.25, -0.2) is 0 Å². The van der Waals surface area contributed by atoms with Gasteiger partial charge in [0.2, 0.25) is 0 Å². The third-order valence-corrected chi connectivity index (χ3v) is 2.85. The molecule has 0 saturated carbocycles. The molecule has 0 bridgehead atoms. The SMILES string of the molecule is CCCCc1ccc([N+](=O)[O-])cc1C(Cl)Cl. The molecule has 88 valence electrons. The minimum Gasteiger partial charge on any atom is -0.258 e. The van der Waals surface area contributed by atoms with Gasteiger partial charge in [0, 0.05) is 12.1 Å². The summed E-state index contributed by atoms with van der Waals surface area (Å²) >= 11 is 11.6. The molecule has 0 N–H and O–H groups in total. The number of hydrogen-bond donors (Lipinski definition) is 0. The Morgan fingerprint density at radius 1 is 1.44 bits per heavy atom. The predicted molar refractivity (Wildman–Crippen MR) is 66.2 cm³/mol. The Hall–Kier alpha value is -0.800. The maximum absolute atomic E-state index is 10.6. The first-order valence-corrected chi connectivity index (χ1v) is 5.99. The van der Waals surface area contributed by atoms with Crippen LogP contribution in [0.2, 0.25) is 0 Å². The first-order valence-electron chi connectivity index (χ1n) is 5.11. The highest BCUT2D eigenvalue weighted by molar-refractivity contribution is 6.44. The Labute approximate surface area is 105 Å². The Morgan fingerprint density at radius 2 is 2.12 bits per heavy atom. The number of nitrogens with zero attached hydrogens (tertiary/aromatic N) is 1. The van der Waals surface area contributed by atoms with Gasteiger partial charge in [-0.05, 0) is 24.0 Å². The Kier molecular flexibility index (Phi) is 5.03. The zero-order valence-corrected chi connectivity index (χ0v) is 10.5. The van der Waals surface area contributed by atoms with E-state index in [-0.39, 0.29) is 5.69 Å². The number of unbranched alkanes of at least 4 members (excludes halogenated alkanes) is 1. The molecule has 3 nitrogen and oxygen atoms in total. The van der Waals surface area contributed by atoms with Crippen molar-refractivity contribution >= 4 is 28.9 Å². The minimum atomic E-state index is -0.716. The lowest BCUT2D eigenvalue weighted by atomic mass is 10.0. The second-order valence-corrected chi connectivity index (χ2v) is 4.64. The van der Waals surface area contributed by atoms with E-state index in [0.717, 1.165) is 24.8 Å². The number of alkyl halides is 2. The van der Waals surface area contributed by atoms with Crippen molar-refractivity contribution in [2.75, 3.05) is 0 Å². The van der Waals surface area contributed by atoms with Crippen LogP contribution in [0, 0.1) is 10.1 Å². The van der Waals surface area contributed by atoms with Gasteiger partial charge in [0.05, 0.1) is 4.92 Å². The van der Waals surface area contributed by atoms with Crippen LogP contribution in [0.4, 0.5) is 5.69 Å². The van der Waals surface area contributed by atoms with Crippen LogP contribution < -0.4 is 0 Å². The van der Waals surface area contributed by atoms with Gasteiger partial charge in [-0.2, -0.15) is 0 Å². The molecule has 0 aliphatic carbocycles. The molecule has 0 unspecified atom stereocenters. The van der Waals surface area contributed by atoms with E-state index in [1.807, 2.05) is 0 Å². The van der Waals surface area contributed by atoms with Crippen LogP contribution in [0.1, 0.15) is 35.7 Å². The second kappa shape index (κ2) is 6.06. The van der Waals surface area contributed by atoms with Crippen LogP contribution in [0.25, 0.3) is 0 Å². The second-order valence-electron chi connectivity index (χ2n) is 3.54. The van der Waals surface area contributed by atoms with Gasteiger partial charge in [0.15, 0.2) is 0 Å². The number of benzene rings is 1. The van der Waals surface area contributed by atoms with Crippen LogP contribution >= 0.6 is 23.2 Å². The molecule has 0 saturated heterocycles. The fraction of sp³-hybridized carbons (Fsp3) is 0.455. The summed E-state index contributed by atoms with van der Waals surface area (Å²) in [5, 5.41) is 10.6. The topological polar surface area (TPSA) is 43.1 Å². The summed E-state index contributed by atoms with van der Waals surface area (Å²) in [6.07, 6.45) is 2.93. The lowest BCUT2D eigenvalue weighted by molar-refractivity contribution is -0.384. The lowest BCUT2D eigenvalue weighted by Gasteiger charge is -2.09. The molecule has 0 aliphatic rings. The molecule has 0 aromatic heterocycles. The number of rotatable bonds is 5. The maximum atomic E-state index is 10.6. The van der Waals surface area contributed by atoms with E-state index in [9.17, 15) is 10.1 Å². The molecule has 5 heteroatoms. The summed E-state index contributed by atoms with van der Waals surface area (Å²) in [6.45, 7) is 2.09. The molecule has 0 amide bonds. The minimum absolute atomic E-state index is 0.0292. The smallest absolute Gasteiger partial charge is 0.258 e. The van der Waals surface area contributed by atoms with Crippen molar-refractivity contribution in [1.82, 2.24) is 0 Å². The molecular weight excluding hydrogens is 249 g/mol. The molecule has 0 fully saturated rings. The van der Waals surface area contributed by atoms with Crippen LogP contribution in [0.15, 0.2) is 18.2 Å². The molecule has 1 rings (SSSR count). The van der Waals surface area contributed by atoms with Gasteiger partial charge in [-0.15, -0.1) is 23.2 Å². The molecule has 1 aromatic rings. The fourth-order valence-electron chi connectivity index (χ4n) is 1.49. The monoisotopic (exact) mass is 261 g/mol. The fourth-order valence-corrected chi connectivity index (χ4v) is 1.90. The van der Waals surface area contributed by atoms with Gasteiger partial charge < -0.3 is 0 Å². The van der Waals surface area contributed by atoms with Gasteiger partial charge in [0.25, 0.3) is 5.69 Å². The predicted octanol–water partition coefficient (Wildman–Crippen LogP) is 4.41. The molecule has 0 atom stereocenters. The first kappa shape index (κ1) is 13.3. The highest BCUT2D eigenvalue weighted by Gasteiger charge is 2.14. The van der Waals surface area contributed by atoms with Gasteiger partial charge in [-0.1, -0.05) is 19.4 Å². The third-order valence-electron chi connectivity index (χ3n) is 2.38. The standard InChI is InChI=1S/C11H13Cl2NO2/c1-2-3-4-8-5-6-9(14(15)16)7-10(8)11(12)13/h5-7,11H,2-4H2,1H3. The highest BCUT2D eigenvalue weighted by Crippen LogP contribution is 2.31. The number of halogens is 2. The van der Waals surface area contributed by atoms with Crippen molar-refractivity contribution in [3.05, 3.63) is 39.4 Å². The van der Waals surface area contributed by atoms with Crippen LogP contribution in [-0.2, 0) is 6.42 Å². The van der Waals surface area contributed by atoms with Gasteiger partial charge >= 0.3 is 0 Å². The zero-order valence-electron chi connectivity index (χ0n) is 8.95. The summed E-state index contributed by atoms with van der Waals surface area (Å²) in [7, 11) is 0. The average molecular weight is 262 g/mol. The van der Waals surface area contributed by atoms with Crippen molar-refractivity contribution < 1.29 is 4.92 Å². The number of aryl methyl sites for hydroxylation is 1. The lowest BCUT2D eigenvalue weighted by Crippen LogP contribution is -1.97. The van der Waals surface area contributed by atoms with E-state index in [1.54, 1.807) is 6.07 Å². The molecule has 0 spiro atoms. The molecule has 1 aromatic carbocycles. The van der Waals surface area contributed by atoms with Crippen molar-refractivity contribution in [1.29, 1.82) is 0 Å². The normalized spacial score (nSPS) is 10.8. The summed E-state index contributed by atoms with van der Waals surface area (Å²) in [6, 6.07) is 4.68. The van der Waals surface area contributed by atoms with E-state index >= 15 is 0 Å². The number of non-ortho nitro benzene ring substituents is 1. The van der Waals surface area contributed by atoms with E-state index in [2.05, 4.69) is 6.92 Å². The van der Waals surface area contributed by atoms with Crippen LogP contribution in [-0.4, -0.2) is 4.92 Å². The molecule has 0 aliphatic heterocycles. The van der Waals surface area contributed by atoms with E-state index < -0.39 is 9.76 Å². The summed E-state index contributed by atoms with van der Waals surface area (Å²) in [5.41, 5.74) is 1.66.